The lowest BCUT2D eigenvalue weighted by Gasteiger charge is -2.22. The lowest BCUT2D eigenvalue weighted by molar-refractivity contribution is -0.149. The Balaban J connectivity index is 4.23. The molecule has 0 aliphatic rings. The van der Waals surface area contributed by atoms with Crippen LogP contribution in [0.4, 0.5) is 4.79 Å². The molecular weight excluding hydrogens is 234 g/mol. The van der Waals surface area contributed by atoms with E-state index in [-0.39, 0.29) is 6.10 Å². The summed E-state index contributed by atoms with van der Waals surface area (Å²) in [6.07, 6.45) is 1.23. The molecule has 5 nitrogen and oxygen atoms in total. The SMILES string of the molecule is C=C[C@H](CC)OC(=O)[C@H](C)NC(=O)OC(C)(C)C. The predicted octanol–water partition coefficient (Wildman–Crippen LogP) is 2.41. The average Bonchev–Trinajstić information content (AvgIpc) is 2.22. The zero-order valence-electron chi connectivity index (χ0n) is 11.8. The smallest absolute Gasteiger partial charge is 0.408 e. The summed E-state index contributed by atoms with van der Waals surface area (Å²) in [5, 5.41) is 2.42. The van der Waals surface area contributed by atoms with Gasteiger partial charge < -0.3 is 14.8 Å². The van der Waals surface area contributed by atoms with E-state index in [1.54, 1.807) is 33.8 Å². The van der Waals surface area contributed by atoms with Crippen LogP contribution in [0.3, 0.4) is 0 Å². The minimum atomic E-state index is -0.756. The molecule has 18 heavy (non-hydrogen) atoms. The summed E-state index contributed by atoms with van der Waals surface area (Å²) < 4.78 is 10.2. The van der Waals surface area contributed by atoms with E-state index in [4.69, 9.17) is 9.47 Å². The van der Waals surface area contributed by atoms with E-state index >= 15 is 0 Å². The van der Waals surface area contributed by atoms with Gasteiger partial charge in [0.15, 0.2) is 0 Å². The van der Waals surface area contributed by atoms with E-state index in [0.29, 0.717) is 6.42 Å². The maximum Gasteiger partial charge on any atom is 0.408 e. The van der Waals surface area contributed by atoms with Crippen LogP contribution < -0.4 is 5.32 Å². The number of alkyl carbamates (subject to hydrolysis) is 1. The largest absolute Gasteiger partial charge is 0.457 e. The van der Waals surface area contributed by atoms with E-state index in [1.807, 2.05) is 6.92 Å². The molecule has 2 atom stereocenters. The first kappa shape index (κ1) is 16.5. The summed E-state index contributed by atoms with van der Waals surface area (Å²) in [6.45, 7) is 12.2. The normalized spacial score (nSPS) is 14.3. The fourth-order valence-electron chi connectivity index (χ4n) is 1.09. The summed E-state index contributed by atoms with van der Waals surface area (Å²) in [5.74, 6) is -0.507. The van der Waals surface area contributed by atoms with Crippen molar-refractivity contribution in [2.45, 2.75) is 58.8 Å². The molecule has 0 aliphatic heterocycles. The second kappa shape index (κ2) is 7.03. The number of esters is 1. The van der Waals surface area contributed by atoms with Crippen molar-refractivity contribution in [2.75, 3.05) is 0 Å². The molecule has 5 heteroatoms. The molecule has 0 rings (SSSR count). The van der Waals surface area contributed by atoms with Crippen LogP contribution in [0.5, 0.6) is 0 Å². The van der Waals surface area contributed by atoms with Crippen molar-refractivity contribution in [3.05, 3.63) is 12.7 Å². The second-order valence-corrected chi connectivity index (χ2v) is 4.99. The van der Waals surface area contributed by atoms with Gasteiger partial charge in [-0.3, -0.25) is 0 Å². The first-order valence-corrected chi connectivity index (χ1v) is 6.02. The molecule has 0 saturated carbocycles. The molecule has 0 aliphatic carbocycles. The Morgan fingerprint density at radius 2 is 1.94 bits per heavy atom. The van der Waals surface area contributed by atoms with Crippen LogP contribution in [-0.2, 0) is 14.3 Å². The molecule has 0 saturated heterocycles. The highest BCUT2D eigenvalue weighted by Gasteiger charge is 2.22. The molecule has 0 spiro atoms. The average molecular weight is 257 g/mol. The summed E-state index contributed by atoms with van der Waals surface area (Å²) in [4.78, 5) is 23.1. The van der Waals surface area contributed by atoms with Gasteiger partial charge in [-0.2, -0.15) is 0 Å². The molecular formula is C13H23NO4. The summed E-state index contributed by atoms with van der Waals surface area (Å²) in [6, 6.07) is -0.756. The Hall–Kier alpha value is -1.52. The van der Waals surface area contributed by atoms with Crippen molar-refractivity contribution >= 4 is 12.1 Å². The van der Waals surface area contributed by atoms with Crippen molar-refractivity contribution < 1.29 is 19.1 Å². The quantitative estimate of drug-likeness (QED) is 0.606. The van der Waals surface area contributed by atoms with Crippen molar-refractivity contribution in [3.8, 4) is 0 Å². The van der Waals surface area contributed by atoms with Crippen LogP contribution >= 0.6 is 0 Å². The van der Waals surface area contributed by atoms with Crippen LogP contribution in [0.25, 0.3) is 0 Å². The van der Waals surface area contributed by atoms with Crippen LogP contribution in [0.2, 0.25) is 0 Å². The summed E-state index contributed by atoms with van der Waals surface area (Å²) in [5.41, 5.74) is -0.596. The molecule has 0 fully saturated rings. The van der Waals surface area contributed by atoms with E-state index in [0.717, 1.165) is 0 Å². The highest BCUT2D eigenvalue weighted by Crippen LogP contribution is 2.07. The first-order chi connectivity index (χ1) is 8.19. The Kier molecular flexibility index (Phi) is 6.44. The third kappa shape index (κ3) is 6.93. The highest BCUT2D eigenvalue weighted by atomic mass is 16.6. The molecule has 0 bridgehead atoms. The zero-order chi connectivity index (χ0) is 14.3. The number of hydrogen-bond acceptors (Lipinski definition) is 4. The Bertz CT molecular complexity index is 307. The Morgan fingerprint density at radius 1 is 1.39 bits per heavy atom. The number of rotatable bonds is 5. The minimum absolute atomic E-state index is 0.333. The van der Waals surface area contributed by atoms with Gasteiger partial charge in [-0.05, 0) is 34.1 Å². The zero-order valence-corrected chi connectivity index (χ0v) is 11.8. The molecule has 1 N–H and O–H groups in total. The van der Waals surface area contributed by atoms with Gasteiger partial charge in [0.05, 0.1) is 0 Å². The number of hydrogen-bond donors (Lipinski definition) is 1. The third-order valence-corrected chi connectivity index (χ3v) is 2.02. The number of ether oxygens (including phenoxy) is 2. The Labute approximate surface area is 109 Å². The lowest BCUT2D eigenvalue weighted by atomic mass is 10.2. The van der Waals surface area contributed by atoms with Gasteiger partial charge in [-0.1, -0.05) is 19.6 Å². The van der Waals surface area contributed by atoms with E-state index in [9.17, 15) is 9.59 Å². The van der Waals surface area contributed by atoms with Gasteiger partial charge in [-0.25, -0.2) is 9.59 Å². The molecule has 0 aromatic rings. The van der Waals surface area contributed by atoms with Crippen molar-refractivity contribution in [3.63, 3.8) is 0 Å². The molecule has 0 heterocycles. The van der Waals surface area contributed by atoms with Crippen molar-refractivity contribution in [2.24, 2.45) is 0 Å². The summed E-state index contributed by atoms with van der Waals surface area (Å²) >= 11 is 0. The van der Waals surface area contributed by atoms with Gasteiger partial charge in [0, 0.05) is 0 Å². The topological polar surface area (TPSA) is 64.6 Å². The van der Waals surface area contributed by atoms with Gasteiger partial charge in [0.2, 0.25) is 0 Å². The number of carbonyl (C=O) groups excluding carboxylic acids is 2. The highest BCUT2D eigenvalue weighted by molar-refractivity contribution is 5.81. The number of nitrogens with one attached hydrogen (secondary N) is 1. The fraction of sp³-hybridized carbons (Fsp3) is 0.692. The molecule has 1 amide bonds. The standard InChI is InChI=1S/C13H23NO4/c1-7-10(8-2)17-11(15)9(3)14-12(16)18-13(4,5)6/h7,9-10H,1,8H2,2-6H3,(H,14,16)/t9-,10+/m0/s1. The predicted molar refractivity (Wildman–Crippen MR) is 69.2 cm³/mol. The summed E-state index contributed by atoms with van der Waals surface area (Å²) in [7, 11) is 0. The van der Waals surface area contributed by atoms with Gasteiger partial charge in [0.1, 0.15) is 17.7 Å². The van der Waals surface area contributed by atoms with Crippen LogP contribution in [-0.4, -0.2) is 29.8 Å². The van der Waals surface area contributed by atoms with Crippen molar-refractivity contribution in [1.82, 2.24) is 5.32 Å². The van der Waals surface area contributed by atoms with E-state index in [1.165, 1.54) is 0 Å². The van der Waals surface area contributed by atoms with Gasteiger partial charge in [-0.15, -0.1) is 0 Å². The monoisotopic (exact) mass is 257 g/mol. The second-order valence-electron chi connectivity index (χ2n) is 4.99. The van der Waals surface area contributed by atoms with E-state index in [2.05, 4.69) is 11.9 Å². The fourth-order valence-corrected chi connectivity index (χ4v) is 1.09. The Morgan fingerprint density at radius 3 is 2.33 bits per heavy atom. The van der Waals surface area contributed by atoms with E-state index < -0.39 is 23.7 Å². The lowest BCUT2D eigenvalue weighted by Crippen LogP contribution is -2.43. The minimum Gasteiger partial charge on any atom is -0.457 e. The third-order valence-electron chi connectivity index (χ3n) is 2.02. The van der Waals surface area contributed by atoms with Gasteiger partial charge >= 0.3 is 12.1 Å². The van der Waals surface area contributed by atoms with Gasteiger partial charge in [0.25, 0.3) is 0 Å². The van der Waals surface area contributed by atoms with Crippen molar-refractivity contribution in [1.29, 1.82) is 0 Å². The molecule has 104 valence electrons. The maximum atomic E-state index is 11.6. The molecule has 0 aromatic carbocycles. The van der Waals surface area contributed by atoms with Crippen LogP contribution in [0.1, 0.15) is 41.0 Å². The maximum absolute atomic E-state index is 11.6. The molecule has 0 aromatic heterocycles. The van der Waals surface area contributed by atoms with Crippen LogP contribution in [0.15, 0.2) is 12.7 Å². The number of carbonyl (C=O) groups is 2. The number of amides is 1. The first-order valence-electron chi connectivity index (χ1n) is 6.02. The molecule has 0 unspecified atom stereocenters. The molecule has 0 radical (unpaired) electrons. The van der Waals surface area contributed by atoms with Crippen LogP contribution in [0, 0.1) is 0 Å².